The van der Waals surface area contributed by atoms with E-state index in [2.05, 4.69) is 24.4 Å². The number of sulfonamides is 1. The van der Waals surface area contributed by atoms with Crippen LogP contribution >= 0.6 is 0 Å². The monoisotopic (exact) mass is 336 g/mol. The number of piperidine rings is 1. The number of rotatable bonds is 4. The van der Waals surface area contributed by atoms with Gasteiger partial charge in [-0.2, -0.15) is 0 Å². The summed E-state index contributed by atoms with van der Waals surface area (Å²) in [5, 5.41) is 3.57. The molecule has 0 saturated carbocycles. The Morgan fingerprint density at radius 3 is 2.87 bits per heavy atom. The second-order valence-electron chi connectivity index (χ2n) is 6.50. The molecule has 0 unspecified atom stereocenters. The Kier molecular flexibility index (Phi) is 4.75. The number of hydrogen-bond acceptors (Lipinski definition) is 4. The van der Waals surface area contributed by atoms with Gasteiger partial charge in [0.25, 0.3) is 0 Å². The molecule has 1 aromatic rings. The molecule has 0 radical (unpaired) electrons. The topological polar surface area (TPSA) is 58.6 Å². The minimum Gasteiger partial charge on any atom is -0.489 e. The lowest BCUT2D eigenvalue weighted by molar-refractivity contribution is 0.222. The summed E-state index contributed by atoms with van der Waals surface area (Å²) in [6.45, 7) is 4.69. The van der Waals surface area contributed by atoms with Crippen molar-refractivity contribution < 1.29 is 13.2 Å². The molecule has 126 valence electrons. The normalized spacial score (nSPS) is 25.4. The number of fused-ring (bicyclic) bond motifs is 1. The number of hydrogen-bond donors (Lipinski definition) is 1. The van der Waals surface area contributed by atoms with Crippen molar-refractivity contribution in [2.75, 3.05) is 32.5 Å². The fourth-order valence-corrected chi connectivity index (χ4v) is 4.18. The van der Waals surface area contributed by atoms with Crippen LogP contribution in [0, 0.1) is 5.92 Å². The van der Waals surface area contributed by atoms with E-state index in [1.165, 1.54) is 11.8 Å². The van der Waals surface area contributed by atoms with Crippen molar-refractivity contribution in [1.82, 2.24) is 9.62 Å². The molecule has 0 amide bonds. The van der Waals surface area contributed by atoms with E-state index in [0.29, 0.717) is 31.7 Å². The van der Waals surface area contributed by atoms with Crippen molar-refractivity contribution >= 4 is 16.1 Å². The molecular weight excluding hydrogens is 312 g/mol. The molecule has 2 aliphatic rings. The second-order valence-corrected chi connectivity index (χ2v) is 8.49. The number of benzene rings is 1. The van der Waals surface area contributed by atoms with Crippen LogP contribution in [-0.4, -0.2) is 51.3 Å². The largest absolute Gasteiger partial charge is 0.489 e. The lowest BCUT2D eigenvalue weighted by Gasteiger charge is -2.36. The van der Waals surface area contributed by atoms with Gasteiger partial charge in [-0.05, 0) is 30.1 Å². The maximum Gasteiger partial charge on any atom is 0.211 e. The van der Waals surface area contributed by atoms with Gasteiger partial charge < -0.3 is 10.1 Å². The van der Waals surface area contributed by atoms with Crippen molar-refractivity contribution in [1.29, 1.82) is 0 Å². The lowest BCUT2D eigenvalue weighted by Crippen LogP contribution is -2.50. The molecule has 2 aliphatic heterocycles. The van der Waals surface area contributed by atoms with Gasteiger partial charge in [0.15, 0.2) is 0 Å². The van der Waals surface area contributed by atoms with Crippen molar-refractivity contribution in [3.05, 3.63) is 35.4 Å². The first-order valence-electron chi connectivity index (χ1n) is 8.03. The van der Waals surface area contributed by atoms with Crippen LogP contribution < -0.4 is 10.1 Å². The summed E-state index contributed by atoms with van der Waals surface area (Å²) in [7, 11) is -3.08. The van der Waals surface area contributed by atoms with E-state index in [0.717, 1.165) is 24.3 Å². The van der Waals surface area contributed by atoms with Gasteiger partial charge in [0.1, 0.15) is 12.4 Å². The molecule has 5 nitrogen and oxygen atoms in total. The molecule has 0 aromatic heterocycles. The summed E-state index contributed by atoms with van der Waals surface area (Å²) in [5.41, 5.74) is 2.34. The third-order valence-electron chi connectivity index (χ3n) is 4.62. The molecule has 0 spiro atoms. The van der Waals surface area contributed by atoms with Gasteiger partial charge in [-0.15, -0.1) is 0 Å². The molecule has 1 saturated heterocycles. The van der Waals surface area contributed by atoms with Crippen molar-refractivity contribution in [3.8, 4) is 5.75 Å². The second kappa shape index (κ2) is 6.63. The predicted octanol–water partition coefficient (Wildman–Crippen LogP) is 1.72. The molecule has 1 fully saturated rings. The number of nitrogens with one attached hydrogen (secondary N) is 1. The van der Waals surface area contributed by atoms with E-state index in [1.807, 2.05) is 18.2 Å². The van der Waals surface area contributed by atoms with Gasteiger partial charge in [0, 0.05) is 31.2 Å². The maximum absolute atomic E-state index is 11.6. The van der Waals surface area contributed by atoms with Crippen LogP contribution in [0.4, 0.5) is 0 Å². The number of nitrogens with zero attached hydrogens (tertiary/aromatic N) is 1. The highest BCUT2D eigenvalue weighted by molar-refractivity contribution is 7.88. The molecule has 0 bridgehead atoms. The summed E-state index contributed by atoms with van der Waals surface area (Å²) in [4.78, 5) is 0. The van der Waals surface area contributed by atoms with Crippen molar-refractivity contribution in [3.63, 3.8) is 0 Å². The molecule has 6 heteroatoms. The molecule has 1 aromatic carbocycles. The SMILES string of the molecule is C[C@H]1CN(S(C)(=O)=O)CC[C@H]1NCC1=Cc2ccccc2OC1. The average molecular weight is 336 g/mol. The summed E-state index contributed by atoms with van der Waals surface area (Å²) in [6.07, 6.45) is 4.32. The van der Waals surface area contributed by atoms with E-state index in [-0.39, 0.29) is 0 Å². The van der Waals surface area contributed by atoms with Crippen LogP contribution in [0.15, 0.2) is 29.8 Å². The van der Waals surface area contributed by atoms with Gasteiger partial charge >= 0.3 is 0 Å². The zero-order valence-corrected chi connectivity index (χ0v) is 14.5. The van der Waals surface area contributed by atoms with Crippen LogP contribution in [0.2, 0.25) is 0 Å². The highest BCUT2D eigenvalue weighted by Crippen LogP contribution is 2.26. The fraction of sp³-hybridized carbons (Fsp3) is 0.529. The highest BCUT2D eigenvalue weighted by atomic mass is 32.2. The first-order valence-corrected chi connectivity index (χ1v) is 9.88. The van der Waals surface area contributed by atoms with Gasteiger partial charge in [-0.1, -0.05) is 25.1 Å². The minimum absolute atomic E-state index is 0.302. The molecule has 23 heavy (non-hydrogen) atoms. The van der Waals surface area contributed by atoms with Crippen LogP contribution in [0.5, 0.6) is 5.75 Å². The van der Waals surface area contributed by atoms with Gasteiger partial charge in [-0.25, -0.2) is 12.7 Å². The van der Waals surface area contributed by atoms with Crippen LogP contribution in [0.3, 0.4) is 0 Å². The zero-order valence-electron chi connectivity index (χ0n) is 13.7. The average Bonchev–Trinajstić information content (AvgIpc) is 2.52. The Balaban J connectivity index is 1.57. The van der Waals surface area contributed by atoms with E-state index in [9.17, 15) is 8.42 Å². The van der Waals surface area contributed by atoms with Crippen LogP contribution in [0.1, 0.15) is 18.9 Å². The molecular formula is C17H24N2O3S. The summed E-state index contributed by atoms with van der Waals surface area (Å²) >= 11 is 0. The third kappa shape index (κ3) is 3.94. The van der Waals surface area contributed by atoms with E-state index >= 15 is 0 Å². The number of para-hydroxylation sites is 1. The molecule has 2 heterocycles. The van der Waals surface area contributed by atoms with Crippen LogP contribution in [0.25, 0.3) is 6.08 Å². The Morgan fingerprint density at radius 1 is 1.35 bits per heavy atom. The van der Waals surface area contributed by atoms with Crippen molar-refractivity contribution in [2.45, 2.75) is 19.4 Å². The maximum atomic E-state index is 11.6. The number of ether oxygens (including phenoxy) is 1. The molecule has 3 rings (SSSR count). The van der Waals surface area contributed by atoms with Crippen molar-refractivity contribution in [2.24, 2.45) is 5.92 Å². The highest BCUT2D eigenvalue weighted by Gasteiger charge is 2.30. The predicted molar refractivity (Wildman–Crippen MR) is 91.9 cm³/mol. The Labute approximate surface area is 138 Å². The zero-order chi connectivity index (χ0) is 16.4. The van der Waals surface area contributed by atoms with E-state index in [1.54, 1.807) is 4.31 Å². The smallest absolute Gasteiger partial charge is 0.211 e. The molecule has 0 aliphatic carbocycles. The Morgan fingerprint density at radius 2 is 2.13 bits per heavy atom. The van der Waals surface area contributed by atoms with Crippen LogP contribution in [-0.2, 0) is 10.0 Å². The van der Waals surface area contributed by atoms with E-state index < -0.39 is 10.0 Å². The summed E-state index contributed by atoms with van der Waals surface area (Å²) in [5.74, 6) is 1.24. The third-order valence-corrected chi connectivity index (χ3v) is 5.89. The minimum atomic E-state index is -3.08. The fourth-order valence-electron chi connectivity index (χ4n) is 3.24. The van der Waals surface area contributed by atoms with Gasteiger partial charge in [-0.3, -0.25) is 0 Å². The first kappa shape index (κ1) is 16.5. The van der Waals surface area contributed by atoms with Gasteiger partial charge in [0.05, 0.1) is 6.26 Å². The summed E-state index contributed by atoms with van der Waals surface area (Å²) in [6, 6.07) is 8.37. The van der Waals surface area contributed by atoms with Gasteiger partial charge in [0.2, 0.25) is 10.0 Å². The molecule has 2 atom stereocenters. The Hall–Kier alpha value is -1.37. The standard InChI is InChI=1S/C17H24N2O3S/c1-13-11-19(23(2,20)21)8-7-16(13)18-10-14-9-15-5-3-4-6-17(15)22-12-14/h3-6,9,13,16,18H,7-8,10-12H2,1-2H3/t13-,16+/m0/s1. The Bertz CT molecular complexity index is 700. The molecule has 1 N–H and O–H groups in total. The lowest BCUT2D eigenvalue weighted by atomic mass is 9.95. The quantitative estimate of drug-likeness (QED) is 0.910. The first-order chi connectivity index (χ1) is 10.9. The van der Waals surface area contributed by atoms with E-state index in [4.69, 9.17) is 4.74 Å². The summed E-state index contributed by atoms with van der Waals surface area (Å²) < 4.78 is 30.6.